The first-order chi connectivity index (χ1) is 10.3. The Kier molecular flexibility index (Phi) is 3.93. The maximum absolute atomic E-state index is 5.28. The number of hydrogen-bond donors (Lipinski definition) is 2. The van der Waals surface area contributed by atoms with Gasteiger partial charge in [-0.2, -0.15) is 0 Å². The summed E-state index contributed by atoms with van der Waals surface area (Å²) in [4.78, 5) is 3.31. The Morgan fingerprint density at radius 3 is 2.86 bits per heavy atom. The van der Waals surface area contributed by atoms with E-state index in [9.17, 15) is 0 Å². The molecule has 0 radical (unpaired) electrons. The van der Waals surface area contributed by atoms with Gasteiger partial charge in [0.05, 0.1) is 7.11 Å². The van der Waals surface area contributed by atoms with Crippen molar-refractivity contribution < 1.29 is 4.74 Å². The first kappa shape index (κ1) is 13.7. The van der Waals surface area contributed by atoms with Crippen LogP contribution in [0.1, 0.15) is 24.1 Å². The van der Waals surface area contributed by atoms with Gasteiger partial charge in [0, 0.05) is 29.7 Å². The van der Waals surface area contributed by atoms with Crippen molar-refractivity contribution in [1.82, 2.24) is 10.3 Å². The summed E-state index contributed by atoms with van der Waals surface area (Å²) in [7, 11) is 1.70. The quantitative estimate of drug-likeness (QED) is 0.740. The number of aromatic amines is 1. The smallest absolute Gasteiger partial charge is 0.119 e. The van der Waals surface area contributed by atoms with Gasteiger partial charge in [0.25, 0.3) is 0 Å². The fourth-order valence-corrected chi connectivity index (χ4v) is 2.57. The highest BCUT2D eigenvalue weighted by atomic mass is 16.5. The zero-order chi connectivity index (χ0) is 14.7. The van der Waals surface area contributed by atoms with Gasteiger partial charge < -0.3 is 15.0 Å². The van der Waals surface area contributed by atoms with Crippen molar-refractivity contribution in [3.63, 3.8) is 0 Å². The molecule has 0 saturated heterocycles. The summed E-state index contributed by atoms with van der Waals surface area (Å²) >= 11 is 0. The van der Waals surface area contributed by atoms with E-state index in [0.29, 0.717) is 0 Å². The van der Waals surface area contributed by atoms with E-state index in [1.807, 2.05) is 12.1 Å². The normalized spacial score (nSPS) is 12.5. The van der Waals surface area contributed by atoms with E-state index in [-0.39, 0.29) is 6.04 Å². The van der Waals surface area contributed by atoms with Crippen molar-refractivity contribution in [2.45, 2.75) is 19.5 Å². The van der Waals surface area contributed by atoms with Crippen LogP contribution in [0.4, 0.5) is 0 Å². The van der Waals surface area contributed by atoms with E-state index in [1.54, 1.807) is 7.11 Å². The molecule has 3 nitrogen and oxygen atoms in total. The Labute approximate surface area is 125 Å². The van der Waals surface area contributed by atoms with Crippen LogP contribution in [0.15, 0.2) is 54.7 Å². The lowest BCUT2D eigenvalue weighted by Gasteiger charge is -2.15. The molecule has 0 fully saturated rings. The monoisotopic (exact) mass is 280 g/mol. The van der Waals surface area contributed by atoms with Crippen molar-refractivity contribution in [2.75, 3.05) is 7.11 Å². The predicted molar refractivity (Wildman–Crippen MR) is 86.5 cm³/mol. The van der Waals surface area contributed by atoms with Crippen LogP contribution in [0, 0.1) is 0 Å². The second-order valence-corrected chi connectivity index (χ2v) is 5.24. The molecule has 3 rings (SSSR count). The summed E-state index contributed by atoms with van der Waals surface area (Å²) in [6.07, 6.45) is 2.08. The van der Waals surface area contributed by atoms with E-state index < -0.39 is 0 Å². The summed E-state index contributed by atoms with van der Waals surface area (Å²) in [5.41, 5.74) is 3.71. The first-order valence-corrected chi connectivity index (χ1v) is 7.20. The van der Waals surface area contributed by atoms with Crippen LogP contribution in [0.3, 0.4) is 0 Å². The van der Waals surface area contributed by atoms with Gasteiger partial charge in [-0.1, -0.05) is 30.3 Å². The fourth-order valence-electron chi connectivity index (χ4n) is 2.57. The van der Waals surface area contributed by atoms with Gasteiger partial charge in [-0.25, -0.2) is 0 Å². The topological polar surface area (TPSA) is 37.0 Å². The second-order valence-electron chi connectivity index (χ2n) is 5.24. The molecule has 2 aromatic carbocycles. The zero-order valence-electron chi connectivity index (χ0n) is 12.4. The third kappa shape index (κ3) is 2.93. The van der Waals surface area contributed by atoms with Gasteiger partial charge in [-0.05, 0) is 36.2 Å². The zero-order valence-corrected chi connectivity index (χ0v) is 12.4. The summed E-state index contributed by atoms with van der Waals surface area (Å²) in [5.74, 6) is 0.897. The number of benzene rings is 2. The van der Waals surface area contributed by atoms with E-state index >= 15 is 0 Å². The number of nitrogens with one attached hydrogen (secondary N) is 2. The molecule has 0 unspecified atom stereocenters. The number of hydrogen-bond acceptors (Lipinski definition) is 2. The molecule has 2 N–H and O–H groups in total. The van der Waals surface area contributed by atoms with Crippen molar-refractivity contribution in [1.29, 1.82) is 0 Å². The molecular formula is C18H20N2O. The summed E-state index contributed by atoms with van der Waals surface area (Å²) < 4.78 is 5.28. The van der Waals surface area contributed by atoms with Crippen LogP contribution >= 0.6 is 0 Å². The average molecular weight is 280 g/mol. The minimum absolute atomic E-state index is 0.272. The number of fused-ring (bicyclic) bond motifs is 1. The molecule has 0 amide bonds. The molecule has 1 heterocycles. The second kappa shape index (κ2) is 6.02. The van der Waals surface area contributed by atoms with E-state index in [1.165, 1.54) is 22.0 Å². The van der Waals surface area contributed by atoms with Gasteiger partial charge in [0.15, 0.2) is 0 Å². The molecule has 3 aromatic rings. The standard InChI is InChI=1S/C18H20N2O/c1-13(14-6-5-7-16(10-14)21-2)19-11-15-12-20-18-9-4-3-8-17(15)18/h3-10,12-13,19-20H,11H2,1-2H3/t13-/m1/s1. The van der Waals surface area contributed by atoms with Crippen molar-refractivity contribution in [3.05, 3.63) is 65.9 Å². The van der Waals surface area contributed by atoms with Crippen LogP contribution in [0.5, 0.6) is 5.75 Å². The number of ether oxygens (including phenoxy) is 1. The van der Waals surface area contributed by atoms with Crippen molar-refractivity contribution in [2.24, 2.45) is 0 Å². The number of H-pyrrole nitrogens is 1. The Hall–Kier alpha value is -2.26. The first-order valence-electron chi connectivity index (χ1n) is 7.20. The Morgan fingerprint density at radius 1 is 1.14 bits per heavy atom. The lowest BCUT2D eigenvalue weighted by atomic mass is 10.1. The largest absolute Gasteiger partial charge is 0.497 e. The number of rotatable bonds is 5. The van der Waals surface area contributed by atoms with Gasteiger partial charge in [0.1, 0.15) is 5.75 Å². The van der Waals surface area contributed by atoms with Crippen molar-refractivity contribution >= 4 is 10.9 Å². The number of aromatic nitrogens is 1. The fraction of sp³-hybridized carbons (Fsp3) is 0.222. The molecule has 21 heavy (non-hydrogen) atoms. The average Bonchev–Trinajstić information content (AvgIpc) is 2.96. The molecule has 1 atom stereocenters. The third-order valence-corrected chi connectivity index (χ3v) is 3.87. The Morgan fingerprint density at radius 2 is 2.00 bits per heavy atom. The Bertz CT molecular complexity index is 733. The molecule has 0 aliphatic rings. The van der Waals surface area contributed by atoms with Crippen LogP contribution < -0.4 is 10.1 Å². The van der Waals surface area contributed by atoms with E-state index in [4.69, 9.17) is 4.74 Å². The minimum atomic E-state index is 0.272. The van der Waals surface area contributed by atoms with E-state index in [2.05, 4.69) is 59.8 Å². The SMILES string of the molecule is COc1cccc([C@@H](C)NCc2c[nH]c3ccccc23)c1. The maximum Gasteiger partial charge on any atom is 0.119 e. The van der Waals surface area contributed by atoms with E-state index in [0.717, 1.165) is 12.3 Å². The van der Waals surface area contributed by atoms with Gasteiger partial charge in [-0.3, -0.25) is 0 Å². The highest BCUT2D eigenvalue weighted by Crippen LogP contribution is 2.21. The number of para-hydroxylation sites is 1. The molecular weight excluding hydrogens is 260 g/mol. The summed E-state index contributed by atoms with van der Waals surface area (Å²) in [6.45, 7) is 3.01. The van der Waals surface area contributed by atoms with Crippen LogP contribution in [-0.4, -0.2) is 12.1 Å². The summed E-state index contributed by atoms with van der Waals surface area (Å²) in [5, 5.41) is 4.85. The van der Waals surface area contributed by atoms with Gasteiger partial charge >= 0.3 is 0 Å². The van der Waals surface area contributed by atoms with Crippen LogP contribution in [0.2, 0.25) is 0 Å². The predicted octanol–water partition coefficient (Wildman–Crippen LogP) is 4.03. The molecule has 1 aromatic heterocycles. The highest BCUT2D eigenvalue weighted by Gasteiger charge is 2.08. The van der Waals surface area contributed by atoms with Gasteiger partial charge in [-0.15, -0.1) is 0 Å². The number of methoxy groups -OCH3 is 1. The molecule has 108 valence electrons. The van der Waals surface area contributed by atoms with Gasteiger partial charge in [0.2, 0.25) is 0 Å². The maximum atomic E-state index is 5.28. The van der Waals surface area contributed by atoms with Crippen LogP contribution in [-0.2, 0) is 6.54 Å². The lowest BCUT2D eigenvalue weighted by Crippen LogP contribution is -2.17. The minimum Gasteiger partial charge on any atom is -0.497 e. The Balaban J connectivity index is 1.72. The summed E-state index contributed by atoms with van der Waals surface area (Å²) in [6, 6.07) is 16.8. The molecule has 0 aliphatic heterocycles. The molecule has 0 bridgehead atoms. The highest BCUT2D eigenvalue weighted by molar-refractivity contribution is 5.82. The molecule has 3 heteroatoms. The van der Waals surface area contributed by atoms with Crippen molar-refractivity contribution in [3.8, 4) is 5.75 Å². The molecule has 0 spiro atoms. The van der Waals surface area contributed by atoms with Crippen LogP contribution in [0.25, 0.3) is 10.9 Å². The molecule has 0 aliphatic carbocycles. The third-order valence-electron chi connectivity index (χ3n) is 3.87. The lowest BCUT2D eigenvalue weighted by molar-refractivity contribution is 0.413. The molecule has 0 saturated carbocycles.